The quantitative estimate of drug-likeness (QED) is 0.579. The van der Waals surface area contributed by atoms with E-state index in [2.05, 4.69) is 16.0 Å². The molecule has 3 amide bonds. The Morgan fingerprint density at radius 2 is 1.65 bits per heavy atom. The lowest BCUT2D eigenvalue weighted by Gasteiger charge is -2.09. The Hall–Kier alpha value is -3.12. The molecule has 0 atom stereocenters. The molecule has 0 spiro atoms. The van der Waals surface area contributed by atoms with Crippen molar-refractivity contribution in [2.45, 2.75) is 0 Å². The number of benzene rings is 2. The van der Waals surface area contributed by atoms with Crippen molar-refractivity contribution in [2.75, 3.05) is 18.4 Å². The molecule has 26 heavy (non-hydrogen) atoms. The van der Waals surface area contributed by atoms with Crippen molar-refractivity contribution in [3.05, 3.63) is 77.0 Å². The van der Waals surface area contributed by atoms with Crippen LogP contribution < -0.4 is 16.0 Å². The topological polar surface area (TPSA) is 70.2 Å². The van der Waals surface area contributed by atoms with E-state index in [-0.39, 0.29) is 11.9 Å². The lowest BCUT2D eigenvalue weighted by atomic mass is 10.1. The Labute approximate surface area is 156 Å². The van der Waals surface area contributed by atoms with Crippen LogP contribution in [0.2, 0.25) is 0 Å². The van der Waals surface area contributed by atoms with Gasteiger partial charge in [-0.3, -0.25) is 4.79 Å². The van der Waals surface area contributed by atoms with Gasteiger partial charge in [0.25, 0.3) is 5.91 Å². The molecule has 3 N–H and O–H groups in total. The summed E-state index contributed by atoms with van der Waals surface area (Å²) in [6.45, 7) is 0.693. The van der Waals surface area contributed by atoms with Crippen LogP contribution in [-0.2, 0) is 0 Å². The predicted octanol–water partition coefficient (Wildman–Crippen LogP) is 3.97. The first-order valence-electron chi connectivity index (χ1n) is 8.23. The van der Waals surface area contributed by atoms with Crippen LogP contribution in [0.5, 0.6) is 0 Å². The molecular weight excluding hydrogens is 346 g/mol. The first-order valence-corrected chi connectivity index (χ1v) is 9.17. The van der Waals surface area contributed by atoms with Crippen LogP contribution in [0.25, 0.3) is 11.1 Å². The molecule has 132 valence electrons. The molecular formula is C20H19N3O2S. The Kier molecular flexibility index (Phi) is 6.01. The third kappa shape index (κ3) is 4.94. The number of hydrogen-bond acceptors (Lipinski definition) is 3. The molecule has 0 bridgehead atoms. The number of carbonyl (C=O) groups is 2. The minimum Gasteiger partial charge on any atom is -0.350 e. The largest absolute Gasteiger partial charge is 0.350 e. The lowest BCUT2D eigenvalue weighted by molar-refractivity contribution is 0.0954. The van der Waals surface area contributed by atoms with Gasteiger partial charge < -0.3 is 16.0 Å². The third-order valence-corrected chi connectivity index (χ3v) is 4.39. The number of hydrogen-bond donors (Lipinski definition) is 3. The molecule has 0 aliphatic rings. The molecule has 0 aliphatic carbocycles. The van der Waals surface area contributed by atoms with Crippen LogP contribution in [0.4, 0.5) is 10.5 Å². The van der Waals surface area contributed by atoms with Gasteiger partial charge in [-0.25, -0.2) is 4.79 Å². The van der Waals surface area contributed by atoms with Crippen LogP contribution in [0.3, 0.4) is 0 Å². The van der Waals surface area contributed by atoms with Crippen molar-refractivity contribution < 1.29 is 9.59 Å². The fourth-order valence-corrected chi connectivity index (χ4v) is 3.08. The van der Waals surface area contributed by atoms with E-state index in [4.69, 9.17) is 0 Å². The molecule has 3 aromatic rings. The summed E-state index contributed by atoms with van der Waals surface area (Å²) in [5.74, 6) is -0.160. The fourth-order valence-electron chi connectivity index (χ4n) is 2.42. The molecule has 5 nitrogen and oxygen atoms in total. The van der Waals surface area contributed by atoms with Crippen molar-refractivity contribution in [3.63, 3.8) is 0 Å². The Morgan fingerprint density at radius 1 is 0.846 bits per heavy atom. The molecule has 0 saturated carbocycles. The molecule has 3 rings (SSSR count). The van der Waals surface area contributed by atoms with Gasteiger partial charge in [0.05, 0.1) is 0 Å². The minimum atomic E-state index is -0.301. The molecule has 0 unspecified atom stereocenters. The second-order valence-electron chi connectivity index (χ2n) is 5.60. The highest BCUT2D eigenvalue weighted by atomic mass is 32.1. The summed E-state index contributed by atoms with van der Waals surface area (Å²) in [6, 6.07) is 18.4. The number of rotatable bonds is 6. The summed E-state index contributed by atoms with van der Waals surface area (Å²) < 4.78 is 0. The van der Waals surface area contributed by atoms with Crippen LogP contribution in [0, 0.1) is 0 Å². The molecule has 0 aliphatic heterocycles. The van der Waals surface area contributed by atoms with E-state index in [1.807, 2.05) is 65.4 Å². The number of amides is 3. The molecule has 0 radical (unpaired) electrons. The average molecular weight is 365 g/mol. The standard InChI is InChI=1S/C20H19N3O2S/c24-19(16-6-4-5-15(13-16)17-9-12-26-14-17)21-10-11-22-20(25)23-18-7-2-1-3-8-18/h1-9,12-14H,10-11H2,(H,21,24)(H2,22,23,25). The minimum absolute atomic E-state index is 0.160. The van der Waals surface area contributed by atoms with Gasteiger partial charge in [-0.15, -0.1) is 0 Å². The van der Waals surface area contributed by atoms with E-state index in [0.29, 0.717) is 18.7 Å². The molecule has 0 fully saturated rings. The zero-order valence-electron chi connectivity index (χ0n) is 14.1. The monoisotopic (exact) mass is 365 g/mol. The first kappa shape index (κ1) is 17.7. The summed E-state index contributed by atoms with van der Waals surface area (Å²) in [7, 11) is 0. The maximum atomic E-state index is 12.3. The molecule has 2 aromatic carbocycles. The normalized spacial score (nSPS) is 10.2. The van der Waals surface area contributed by atoms with Gasteiger partial charge in [0.1, 0.15) is 0 Å². The average Bonchev–Trinajstić information content (AvgIpc) is 3.21. The lowest BCUT2D eigenvalue weighted by Crippen LogP contribution is -2.36. The maximum Gasteiger partial charge on any atom is 0.319 e. The number of urea groups is 1. The van der Waals surface area contributed by atoms with Gasteiger partial charge in [-0.2, -0.15) is 11.3 Å². The second-order valence-corrected chi connectivity index (χ2v) is 6.38. The summed E-state index contributed by atoms with van der Waals surface area (Å²) in [5, 5.41) is 12.3. The van der Waals surface area contributed by atoms with E-state index in [1.165, 1.54) is 0 Å². The third-order valence-electron chi connectivity index (χ3n) is 3.71. The zero-order chi connectivity index (χ0) is 18.2. The van der Waals surface area contributed by atoms with Crippen LogP contribution in [-0.4, -0.2) is 25.0 Å². The Bertz CT molecular complexity index is 864. The summed E-state index contributed by atoms with van der Waals surface area (Å²) in [5.41, 5.74) is 3.44. The SMILES string of the molecule is O=C(NCCNC(=O)c1cccc(-c2ccsc2)c1)Nc1ccccc1. The highest BCUT2D eigenvalue weighted by molar-refractivity contribution is 7.08. The Balaban J connectivity index is 1.44. The number of thiophene rings is 1. The number of carbonyl (C=O) groups excluding carboxylic acids is 2. The van der Waals surface area contributed by atoms with Gasteiger partial charge in [0.2, 0.25) is 0 Å². The van der Waals surface area contributed by atoms with Gasteiger partial charge in [-0.1, -0.05) is 30.3 Å². The van der Waals surface area contributed by atoms with E-state index < -0.39 is 0 Å². The van der Waals surface area contributed by atoms with Gasteiger partial charge in [0, 0.05) is 24.3 Å². The van der Waals surface area contributed by atoms with E-state index in [0.717, 1.165) is 16.8 Å². The number of nitrogens with one attached hydrogen (secondary N) is 3. The molecule has 6 heteroatoms. The maximum absolute atomic E-state index is 12.3. The zero-order valence-corrected chi connectivity index (χ0v) is 14.9. The Morgan fingerprint density at radius 3 is 2.42 bits per heavy atom. The number of para-hydroxylation sites is 1. The van der Waals surface area contributed by atoms with Gasteiger partial charge in [0.15, 0.2) is 0 Å². The van der Waals surface area contributed by atoms with Crippen LogP contribution >= 0.6 is 11.3 Å². The number of anilines is 1. The predicted molar refractivity (Wildman–Crippen MR) is 106 cm³/mol. The van der Waals surface area contributed by atoms with Gasteiger partial charge in [-0.05, 0) is 52.2 Å². The summed E-state index contributed by atoms with van der Waals surface area (Å²) in [6.07, 6.45) is 0. The van der Waals surface area contributed by atoms with Crippen molar-refractivity contribution in [3.8, 4) is 11.1 Å². The van der Waals surface area contributed by atoms with Crippen molar-refractivity contribution in [1.82, 2.24) is 10.6 Å². The van der Waals surface area contributed by atoms with Crippen LogP contribution in [0.1, 0.15) is 10.4 Å². The molecule has 1 heterocycles. The van der Waals surface area contributed by atoms with E-state index >= 15 is 0 Å². The van der Waals surface area contributed by atoms with E-state index in [1.54, 1.807) is 17.4 Å². The summed E-state index contributed by atoms with van der Waals surface area (Å²) in [4.78, 5) is 24.0. The van der Waals surface area contributed by atoms with Crippen molar-refractivity contribution >= 4 is 29.0 Å². The summed E-state index contributed by atoms with van der Waals surface area (Å²) >= 11 is 1.62. The van der Waals surface area contributed by atoms with Crippen molar-refractivity contribution in [1.29, 1.82) is 0 Å². The van der Waals surface area contributed by atoms with Crippen LogP contribution in [0.15, 0.2) is 71.4 Å². The second kappa shape index (κ2) is 8.82. The van der Waals surface area contributed by atoms with Crippen molar-refractivity contribution in [2.24, 2.45) is 0 Å². The fraction of sp³-hybridized carbons (Fsp3) is 0.100. The van der Waals surface area contributed by atoms with E-state index in [9.17, 15) is 9.59 Å². The molecule has 1 aromatic heterocycles. The first-order chi connectivity index (χ1) is 12.7. The highest BCUT2D eigenvalue weighted by Gasteiger charge is 2.07. The van der Waals surface area contributed by atoms with Gasteiger partial charge >= 0.3 is 6.03 Å². The molecule has 0 saturated heterocycles. The highest BCUT2D eigenvalue weighted by Crippen LogP contribution is 2.22. The smallest absolute Gasteiger partial charge is 0.319 e.